The van der Waals surface area contributed by atoms with Gasteiger partial charge in [0, 0.05) is 43.0 Å². The van der Waals surface area contributed by atoms with Gasteiger partial charge in [-0.3, -0.25) is 19.0 Å². The summed E-state index contributed by atoms with van der Waals surface area (Å²) in [5.74, 6) is -0.0776. The molecule has 4 rings (SSSR count). The first-order valence-electron chi connectivity index (χ1n) is 9.18. The quantitative estimate of drug-likeness (QED) is 0.583. The van der Waals surface area contributed by atoms with Crippen LogP contribution in [0.25, 0.3) is 11.2 Å². The van der Waals surface area contributed by atoms with E-state index in [2.05, 4.69) is 4.98 Å². The molecule has 0 radical (unpaired) electrons. The smallest absolute Gasteiger partial charge is 0.318 e. The Bertz CT molecular complexity index is 1210. The number of carbonyl (C=O) groups excluding carboxylic acids is 1. The van der Waals surface area contributed by atoms with Gasteiger partial charge in [-0.05, 0) is 43.2 Å². The van der Waals surface area contributed by atoms with Gasteiger partial charge in [-0.25, -0.2) is 4.98 Å². The van der Waals surface area contributed by atoms with E-state index in [4.69, 9.17) is 23.2 Å². The molecule has 1 fully saturated rings. The maximum absolute atomic E-state index is 12.7. The van der Waals surface area contributed by atoms with Crippen LogP contribution in [0.15, 0.2) is 46.1 Å². The number of hydrogen-bond donors (Lipinski definition) is 0. The summed E-state index contributed by atoms with van der Waals surface area (Å²) in [6.07, 6.45) is 2.56. The lowest BCUT2D eigenvalue weighted by Crippen LogP contribution is -2.46. The number of piperidine rings is 1. The molecule has 150 valence electrons. The highest BCUT2D eigenvalue weighted by Crippen LogP contribution is 2.25. The van der Waals surface area contributed by atoms with Crippen molar-refractivity contribution in [3.05, 3.63) is 72.8 Å². The Morgan fingerprint density at radius 3 is 2.34 bits per heavy atom. The number of likely N-dealkylation sites (tertiary alicyclic amines) is 1. The molecule has 0 N–H and O–H groups in total. The molecule has 1 saturated heterocycles. The van der Waals surface area contributed by atoms with E-state index in [1.165, 1.54) is 22.4 Å². The molecule has 0 unspecified atom stereocenters. The summed E-state index contributed by atoms with van der Waals surface area (Å²) in [4.78, 5) is 43.9. The third kappa shape index (κ3) is 3.56. The molecule has 9 heteroatoms. The third-order valence-corrected chi connectivity index (χ3v) is 5.78. The van der Waals surface area contributed by atoms with E-state index < -0.39 is 11.1 Å². The maximum atomic E-state index is 12.7. The van der Waals surface area contributed by atoms with Crippen LogP contribution in [0.5, 0.6) is 0 Å². The molecule has 0 bridgehead atoms. The van der Waals surface area contributed by atoms with Gasteiger partial charge in [-0.1, -0.05) is 23.2 Å². The Labute approximate surface area is 176 Å². The number of halogens is 2. The lowest BCUT2D eigenvalue weighted by atomic mass is 10.0. The summed E-state index contributed by atoms with van der Waals surface area (Å²) in [5, 5.41) is 0.964. The number of aryl methyl sites for hydroxylation is 1. The summed E-state index contributed by atoms with van der Waals surface area (Å²) in [7, 11) is 1.53. The van der Waals surface area contributed by atoms with Crippen molar-refractivity contribution in [3.8, 4) is 0 Å². The highest BCUT2D eigenvalue weighted by molar-refractivity contribution is 6.31. The van der Waals surface area contributed by atoms with Crippen molar-refractivity contribution in [1.82, 2.24) is 19.0 Å². The third-order valence-electron chi connectivity index (χ3n) is 5.32. The summed E-state index contributed by atoms with van der Waals surface area (Å²) >= 11 is 11.9. The van der Waals surface area contributed by atoms with Crippen LogP contribution in [0, 0.1) is 0 Å². The van der Waals surface area contributed by atoms with Gasteiger partial charge in [0.2, 0.25) is 0 Å². The zero-order valence-electron chi connectivity index (χ0n) is 15.6. The fraction of sp³-hybridized carbons (Fsp3) is 0.300. The van der Waals surface area contributed by atoms with Crippen LogP contribution in [-0.4, -0.2) is 38.0 Å². The largest absolute Gasteiger partial charge is 0.338 e. The predicted molar refractivity (Wildman–Crippen MR) is 112 cm³/mol. The average molecular weight is 433 g/mol. The lowest BCUT2D eigenvalue weighted by molar-refractivity contribution is 0.0694. The minimum Gasteiger partial charge on any atom is -0.338 e. The van der Waals surface area contributed by atoms with Gasteiger partial charge in [-0.15, -0.1) is 0 Å². The molecule has 1 amide bonds. The number of amides is 1. The molecule has 1 aliphatic heterocycles. The molecule has 3 aromatic rings. The predicted octanol–water partition coefficient (Wildman–Crippen LogP) is 2.88. The number of rotatable bonds is 2. The first-order chi connectivity index (χ1) is 13.9. The molecule has 7 nitrogen and oxygen atoms in total. The molecule has 3 heterocycles. The van der Waals surface area contributed by atoms with Gasteiger partial charge in [0.15, 0.2) is 5.65 Å². The van der Waals surface area contributed by atoms with E-state index in [-0.39, 0.29) is 11.9 Å². The van der Waals surface area contributed by atoms with Crippen molar-refractivity contribution in [2.75, 3.05) is 13.1 Å². The van der Waals surface area contributed by atoms with E-state index in [1.54, 1.807) is 35.2 Å². The Morgan fingerprint density at radius 2 is 1.69 bits per heavy atom. The number of carbonyl (C=O) groups is 1. The number of fused-ring (bicyclic) bond motifs is 1. The summed E-state index contributed by atoms with van der Waals surface area (Å²) in [6.45, 7) is 0.950. The van der Waals surface area contributed by atoms with Crippen molar-refractivity contribution >= 4 is 40.3 Å². The van der Waals surface area contributed by atoms with Crippen LogP contribution in [0.2, 0.25) is 10.0 Å². The zero-order chi connectivity index (χ0) is 20.7. The molecule has 0 spiro atoms. The highest BCUT2D eigenvalue weighted by atomic mass is 35.5. The SMILES string of the molecule is Cn1c(=O)c(=O)n(C2CCN(C(=O)c3ccc(Cl)cc3)CC2)c2ncc(Cl)cc21. The summed E-state index contributed by atoms with van der Waals surface area (Å²) in [5.41, 5.74) is 0.254. The van der Waals surface area contributed by atoms with E-state index in [9.17, 15) is 14.4 Å². The molecule has 29 heavy (non-hydrogen) atoms. The van der Waals surface area contributed by atoms with Crippen LogP contribution in [-0.2, 0) is 7.05 Å². The Balaban J connectivity index is 1.63. The van der Waals surface area contributed by atoms with Crippen molar-refractivity contribution in [2.45, 2.75) is 18.9 Å². The Hall–Kier alpha value is -2.64. The average Bonchev–Trinajstić information content (AvgIpc) is 2.73. The Morgan fingerprint density at radius 1 is 1.03 bits per heavy atom. The number of hydrogen-bond acceptors (Lipinski definition) is 4. The molecule has 1 aromatic carbocycles. The second kappa shape index (κ2) is 7.65. The van der Waals surface area contributed by atoms with Gasteiger partial charge in [0.25, 0.3) is 5.91 Å². The minimum atomic E-state index is -0.624. The van der Waals surface area contributed by atoms with E-state index >= 15 is 0 Å². The topological polar surface area (TPSA) is 77.2 Å². The van der Waals surface area contributed by atoms with Crippen molar-refractivity contribution < 1.29 is 4.79 Å². The molecule has 1 aliphatic rings. The summed E-state index contributed by atoms with van der Waals surface area (Å²) < 4.78 is 2.73. The second-order valence-electron chi connectivity index (χ2n) is 7.07. The van der Waals surface area contributed by atoms with Crippen LogP contribution in [0.1, 0.15) is 29.2 Å². The number of benzene rings is 1. The molecular weight excluding hydrogens is 415 g/mol. The van der Waals surface area contributed by atoms with E-state index in [0.29, 0.717) is 52.7 Å². The van der Waals surface area contributed by atoms with Crippen LogP contribution >= 0.6 is 23.2 Å². The summed E-state index contributed by atoms with van der Waals surface area (Å²) in [6, 6.07) is 8.17. The van der Waals surface area contributed by atoms with Crippen LogP contribution in [0.4, 0.5) is 0 Å². The van der Waals surface area contributed by atoms with Gasteiger partial charge in [0.1, 0.15) is 0 Å². The lowest BCUT2D eigenvalue weighted by Gasteiger charge is -2.33. The van der Waals surface area contributed by atoms with Gasteiger partial charge >= 0.3 is 11.1 Å². The first kappa shape index (κ1) is 19.7. The number of pyridine rings is 1. The minimum absolute atomic E-state index is 0.0776. The fourth-order valence-electron chi connectivity index (χ4n) is 3.75. The molecule has 0 saturated carbocycles. The molecule has 0 aliphatic carbocycles. The van der Waals surface area contributed by atoms with Crippen molar-refractivity contribution in [1.29, 1.82) is 0 Å². The Kier molecular flexibility index (Phi) is 5.19. The fourth-order valence-corrected chi connectivity index (χ4v) is 4.02. The van der Waals surface area contributed by atoms with Gasteiger partial charge < -0.3 is 9.47 Å². The maximum Gasteiger partial charge on any atom is 0.318 e. The zero-order valence-corrected chi connectivity index (χ0v) is 17.2. The molecule has 2 aromatic heterocycles. The van der Waals surface area contributed by atoms with E-state index in [0.717, 1.165) is 0 Å². The molecule has 0 atom stereocenters. The van der Waals surface area contributed by atoms with Gasteiger partial charge in [0.05, 0.1) is 10.5 Å². The van der Waals surface area contributed by atoms with Crippen LogP contribution < -0.4 is 11.1 Å². The first-order valence-corrected chi connectivity index (χ1v) is 9.94. The van der Waals surface area contributed by atoms with E-state index in [1.807, 2.05) is 0 Å². The number of nitrogens with zero attached hydrogens (tertiary/aromatic N) is 4. The molecular formula is C20H18Cl2N4O3. The standard InChI is InChI=1S/C20H18Cl2N4O3/c1-24-16-10-14(22)11-23-17(16)26(20(29)19(24)28)15-6-8-25(9-7-15)18(27)12-2-4-13(21)5-3-12/h2-5,10-11,15H,6-9H2,1H3. The van der Waals surface area contributed by atoms with Crippen molar-refractivity contribution in [3.63, 3.8) is 0 Å². The van der Waals surface area contributed by atoms with Crippen LogP contribution in [0.3, 0.4) is 0 Å². The highest BCUT2D eigenvalue weighted by Gasteiger charge is 2.27. The van der Waals surface area contributed by atoms with Crippen molar-refractivity contribution in [2.24, 2.45) is 7.05 Å². The normalized spacial score (nSPS) is 15.1. The second-order valence-corrected chi connectivity index (χ2v) is 7.94. The van der Waals surface area contributed by atoms with Gasteiger partial charge in [-0.2, -0.15) is 0 Å². The number of aromatic nitrogens is 3. The monoisotopic (exact) mass is 432 g/mol.